The van der Waals surface area contributed by atoms with Gasteiger partial charge in [0.2, 0.25) is 5.91 Å². The SMILES string of the molecule is CNc1ncc(NC(=O)C2CCCCCCCCC2)c(C2CCCCCCC2)c1CCI. The summed E-state index contributed by atoms with van der Waals surface area (Å²) in [6.07, 6.45) is 23.0. The van der Waals surface area contributed by atoms with E-state index in [1.165, 1.54) is 101 Å². The van der Waals surface area contributed by atoms with Crippen molar-refractivity contribution in [2.75, 3.05) is 22.1 Å². The Morgan fingerprint density at radius 2 is 1.44 bits per heavy atom. The number of hydrogen-bond donors (Lipinski definition) is 2. The Morgan fingerprint density at radius 3 is 1.97 bits per heavy atom. The standard InChI is InChI=1S/C27H44IN3O/c1-29-26-23(18-19-28)25(21-14-10-8-5-9-11-15-21)24(20-30-26)31-27(32)22-16-12-6-3-2-4-7-13-17-22/h20-22H,2-19H2,1H3,(H,29,30)(H,31,32). The molecule has 0 bridgehead atoms. The summed E-state index contributed by atoms with van der Waals surface area (Å²) in [4.78, 5) is 18.2. The molecule has 1 heterocycles. The van der Waals surface area contributed by atoms with Gasteiger partial charge in [-0.3, -0.25) is 4.79 Å². The number of carbonyl (C=O) groups excluding carboxylic acids is 1. The number of pyridine rings is 1. The fourth-order valence-corrected chi connectivity index (χ4v) is 6.29. The van der Waals surface area contributed by atoms with Gasteiger partial charge in [0.15, 0.2) is 0 Å². The van der Waals surface area contributed by atoms with Crippen LogP contribution in [0, 0.1) is 5.92 Å². The van der Waals surface area contributed by atoms with Crippen molar-refractivity contribution in [1.29, 1.82) is 0 Å². The maximum atomic E-state index is 13.5. The first-order chi connectivity index (χ1) is 15.7. The van der Waals surface area contributed by atoms with Gasteiger partial charge in [0.25, 0.3) is 0 Å². The van der Waals surface area contributed by atoms with E-state index in [0.29, 0.717) is 5.92 Å². The molecule has 180 valence electrons. The highest BCUT2D eigenvalue weighted by molar-refractivity contribution is 14.1. The molecule has 1 aromatic heterocycles. The van der Waals surface area contributed by atoms with Crippen LogP contribution >= 0.6 is 22.6 Å². The fourth-order valence-electron chi connectivity index (χ4n) is 5.75. The topological polar surface area (TPSA) is 54.0 Å². The van der Waals surface area contributed by atoms with Crippen molar-refractivity contribution in [2.24, 2.45) is 5.92 Å². The summed E-state index contributed by atoms with van der Waals surface area (Å²) in [7, 11) is 1.97. The van der Waals surface area contributed by atoms with Gasteiger partial charge >= 0.3 is 0 Å². The van der Waals surface area contributed by atoms with Gasteiger partial charge in [-0.15, -0.1) is 0 Å². The lowest BCUT2D eigenvalue weighted by atomic mass is 9.82. The molecule has 32 heavy (non-hydrogen) atoms. The predicted molar refractivity (Wildman–Crippen MR) is 145 cm³/mol. The molecule has 0 unspecified atom stereocenters. The Bertz CT molecular complexity index is 690. The number of hydrogen-bond acceptors (Lipinski definition) is 3. The minimum Gasteiger partial charge on any atom is -0.373 e. The van der Waals surface area contributed by atoms with Gasteiger partial charge in [0, 0.05) is 23.0 Å². The van der Waals surface area contributed by atoms with Gasteiger partial charge in [0.05, 0.1) is 11.9 Å². The molecule has 2 fully saturated rings. The van der Waals surface area contributed by atoms with Gasteiger partial charge in [0.1, 0.15) is 5.82 Å². The molecule has 3 rings (SSSR count). The molecule has 0 saturated heterocycles. The Kier molecular flexibility index (Phi) is 11.6. The van der Waals surface area contributed by atoms with Crippen LogP contribution in [0.2, 0.25) is 0 Å². The first-order valence-corrected chi connectivity index (χ1v) is 14.8. The third-order valence-electron chi connectivity index (χ3n) is 7.55. The lowest BCUT2D eigenvalue weighted by Crippen LogP contribution is -2.25. The quantitative estimate of drug-likeness (QED) is 0.277. The van der Waals surface area contributed by atoms with Crippen molar-refractivity contribution in [3.05, 3.63) is 17.3 Å². The van der Waals surface area contributed by atoms with E-state index < -0.39 is 0 Å². The largest absolute Gasteiger partial charge is 0.373 e. The summed E-state index contributed by atoms with van der Waals surface area (Å²) in [5, 5.41) is 6.75. The van der Waals surface area contributed by atoms with Gasteiger partial charge in [-0.25, -0.2) is 4.98 Å². The van der Waals surface area contributed by atoms with E-state index >= 15 is 0 Å². The highest BCUT2D eigenvalue weighted by atomic mass is 127. The number of halogens is 1. The fraction of sp³-hybridized carbons (Fsp3) is 0.778. The number of nitrogens with zero attached hydrogens (tertiary/aromatic N) is 1. The second-order valence-corrected chi connectivity index (χ2v) is 11.0. The predicted octanol–water partition coefficient (Wildman–Crippen LogP) is 8.01. The molecule has 0 aliphatic heterocycles. The number of rotatable bonds is 6. The lowest BCUT2D eigenvalue weighted by molar-refractivity contribution is -0.120. The maximum Gasteiger partial charge on any atom is 0.227 e. The van der Waals surface area contributed by atoms with E-state index in [9.17, 15) is 4.79 Å². The average Bonchev–Trinajstić information content (AvgIpc) is 2.78. The average molecular weight is 554 g/mol. The molecule has 2 aliphatic carbocycles. The van der Waals surface area contributed by atoms with E-state index in [1.807, 2.05) is 13.2 Å². The molecule has 2 aliphatic rings. The number of nitrogens with one attached hydrogen (secondary N) is 2. The summed E-state index contributed by atoms with van der Waals surface area (Å²) in [6.45, 7) is 0. The van der Waals surface area contributed by atoms with Crippen LogP contribution in [0.4, 0.5) is 11.5 Å². The van der Waals surface area contributed by atoms with Gasteiger partial charge in [-0.2, -0.15) is 0 Å². The second kappa shape index (κ2) is 14.4. The van der Waals surface area contributed by atoms with Crippen LogP contribution in [-0.4, -0.2) is 22.4 Å². The summed E-state index contributed by atoms with van der Waals surface area (Å²) >= 11 is 2.47. The summed E-state index contributed by atoms with van der Waals surface area (Å²) in [6, 6.07) is 0. The van der Waals surface area contributed by atoms with Crippen molar-refractivity contribution >= 4 is 40.0 Å². The third-order valence-corrected chi connectivity index (χ3v) is 8.09. The van der Waals surface area contributed by atoms with Crippen molar-refractivity contribution in [2.45, 2.75) is 115 Å². The molecule has 2 N–H and O–H groups in total. The van der Waals surface area contributed by atoms with Crippen LogP contribution in [0.3, 0.4) is 0 Å². The molecule has 0 aromatic carbocycles. The van der Waals surface area contributed by atoms with Crippen molar-refractivity contribution in [3.8, 4) is 0 Å². The minimum atomic E-state index is 0.148. The molecule has 0 atom stereocenters. The van der Waals surface area contributed by atoms with Crippen LogP contribution in [0.5, 0.6) is 0 Å². The Balaban J connectivity index is 1.86. The maximum absolute atomic E-state index is 13.5. The number of amides is 1. The van der Waals surface area contributed by atoms with E-state index in [1.54, 1.807) is 0 Å². The first kappa shape index (κ1) is 25.8. The summed E-state index contributed by atoms with van der Waals surface area (Å²) in [5.41, 5.74) is 3.71. The van der Waals surface area contributed by atoms with Gasteiger partial charge in [-0.1, -0.05) is 99.6 Å². The molecule has 2 saturated carbocycles. The minimum absolute atomic E-state index is 0.148. The molecular weight excluding hydrogens is 509 g/mol. The van der Waals surface area contributed by atoms with E-state index in [2.05, 4.69) is 33.2 Å². The molecular formula is C27H44IN3O. The Morgan fingerprint density at radius 1 is 0.906 bits per heavy atom. The zero-order valence-corrected chi connectivity index (χ0v) is 22.4. The van der Waals surface area contributed by atoms with Crippen molar-refractivity contribution in [1.82, 2.24) is 4.98 Å². The summed E-state index contributed by atoms with van der Waals surface area (Å²) in [5.74, 6) is 1.91. The van der Waals surface area contributed by atoms with Crippen LogP contribution < -0.4 is 10.6 Å². The Hall–Kier alpha value is -0.850. The molecule has 1 amide bonds. The van der Waals surface area contributed by atoms with E-state index in [-0.39, 0.29) is 11.8 Å². The zero-order valence-electron chi connectivity index (χ0n) is 20.2. The number of carbonyl (C=O) groups is 1. The molecule has 0 radical (unpaired) electrons. The number of alkyl halides is 1. The van der Waals surface area contributed by atoms with E-state index in [4.69, 9.17) is 4.98 Å². The zero-order chi connectivity index (χ0) is 22.6. The normalized spacial score (nSPS) is 20.2. The molecule has 5 heteroatoms. The van der Waals surface area contributed by atoms with Gasteiger partial charge < -0.3 is 10.6 Å². The summed E-state index contributed by atoms with van der Waals surface area (Å²) < 4.78 is 1.06. The first-order valence-electron chi connectivity index (χ1n) is 13.3. The smallest absolute Gasteiger partial charge is 0.227 e. The van der Waals surface area contributed by atoms with Crippen molar-refractivity contribution < 1.29 is 4.79 Å². The Labute approximate surface area is 209 Å². The highest BCUT2D eigenvalue weighted by Crippen LogP contribution is 2.40. The highest BCUT2D eigenvalue weighted by Gasteiger charge is 2.26. The molecule has 1 aromatic rings. The van der Waals surface area contributed by atoms with Gasteiger partial charge in [-0.05, 0) is 43.6 Å². The van der Waals surface area contributed by atoms with Crippen LogP contribution in [0.15, 0.2) is 6.20 Å². The van der Waals surface area contributed by atoms with Crippen LogP contribution in [0.1, 0.15) is 120 Å². The molecule has 4 nitrogen and oxygen atoms in total. The van der Waals surface area contributed by atoms with E-state index in [0.717, 1.165) is 35.2 Å². The number of aromatic nitrogens is 1. The lowest BCUT2D eigenvalue weighted by Gasteiger charge is -2.27. The van der Waals surface area contributed by atoms with Crippen LogP contribution in [0.25, 0.3) is 0 Å². The second-order valence-electron chi connectivity index (χ2n) is 9.88. The monoisotopic (exact) mass is 553 g/mol. The number of anilines is 2. The molecule has 0 spiro atoms. The van der Waals surface area contributed by atoms with Crippen LogP contribution in [-0.2, 0) is 11.2 Å². The third kappa shape index (κ3) is 7.59. The van der Waals surface area contributed by atoms with Crippen molar-refractivity contribution in [3.63, 3.8) is 0 Å².